The number of carbonyl (C=O) groups excluding carboxylic acids is 1. The maximum Gasteiger partial charge on any atom is 0.338 e. The Morgan fingerprint density at radius 1 is 1.10 bits per heavy atom. The van der Waals surface area contributed by atoms with E-state index in [1.807, 2.05) is 30.3 Å². The molecule has 0 unspecified atom stereocenters. The number of nitrogens with one attached hydrogen (secondary N) is 1. The monoisotopic (exact) mass is 287 g/mol. The Morgan fingerprint density at radius 3 is 2.38 bits per heavy atom. The third kappa shape index (κ3) is 4.31. The minimum Gasteiger partial charge on any atom is -0.456 e. The predicted molar refractivity (Wildman–Crippen MR) is 81.3 cm³/mol. The highest BCUT2D eigenvalue weighted by Gasteiger charge is 2.18. The van der Waals surface area contributed by atoms with E-state index < -0.39 is 17.4 Å². The first-order valence-corrected chi connectivity index (χ1v) is 6.70. The van der Waals surface area contributed by atoms with Crippen molar-refractivity contribution < 1.29 is 13.9 Å². The van der Waals surface area contributed by atoms with E-state index in [2.05, 4.69) is 5.32 Å². The molecule has 0 aromatic heterocycles. The highest BCUT2D eigenvalue weighted by atomic mass is 19.1. The lowest BCUT2D eigenvalue weighted by atomic mass is 10.1. The summed E-state index contributed by atoms with van der Waals surface area (Å²) in [6.07, 6.45) is 0. The van der Waals surface area contributed by atoms with E-state index in [4.69, 9.17) is 4.74 Å². The molecule has 0 bridgehead atoms. The van der Waals surface area contributed by atoms with Gasteiger partial charge >= 0.3 is 5.97 Å². The molecule has 2 aromatic carbocycles. The Kier molecular flexibility index (Phi) is 4.26. The second kappa shape index (κ2) is 5.95. The van der Waals surface area contributed by atoms with E-state index in [-0.39, 0.29) is 5.69 Å². The fraction of sp³-hybridized carbons (Fsp3) is 0.235. The van der Waals surface area contributed by atoms with Crippen LogP contribution in [0.15, 0.2) is 48.5 Å². The Morgan fingerprint density at radius 2 is 1.76 bits per heavy atom. The summed E-state index contributed by atoms with van der Waals surface area (Å²) >= 11 is 0. The number of halogens is 1. The predicted octanol–water partition coefficient (Wildman–Crippen LogP) is 4.52. The zero-order valence-corrected chi connectivity index (χ0v) is 12.3. The lowest BCUT2D eigenvalue weighted by molar-refractivity contribution is 0.00695. The lowest BCUT2D eigenvalue weighted by Gasteiger charge is -2.19. The average molecular weight is 287 g/mol. The van der Waals surface area contributed by atoms with Crippen molar-refractivity contribution >= 4 is 17.3 Å². The first-order valence-electron chi connectivity index (χ1n) is 6.70. The molecule has 0 radical (unpaired) electrons. The fourth-order valence-corrected chi connectivity index (χ4v) is 1.76. The van der Waals surface area contributed by atoms with Gasteiger partial charge in [-0.15, -0.1) is 0 Å². The van der Waals surface area contributed by atoms with Gasteiger partial charge in [0.25, 0.3) is 0 Å². The van der Waals surface area contributed by atoms with Crippen molar-refractivity contribution in [3.05, 3.63) is 59.9 Å². The molecule has 0 saturated carbocycles. The number of ether oxygens (including phenoxy) is 1. The summed E-state index contributed by atoms with van der Waals surface area (Å²) in [5, 5.41) is 2.95. The minimum absolute atomic E-state index is 0.240. The van der Waals surface area contributed by atoms with Gasteiger partial charge in [-0.3, -0.25) is 0 Å². The second-order valence-electron chi connectivity index (χ2n) is 5.69. The molecule has 110 valence electrons. The largest absolute Gasteiger partial charge is 0.456 e. The van der Waals surface area contributed by atoms with E-state index >= 15 is 0 Å². The number of rotatable bonds is 3. The summed E-state index contributed by atoms with van der Waals surface area (Å²) in [5.41, 5.74) is 0.713. The summed E-state index contributed by atoms with van der Waals surface area (Å²) < 4.78 is 19.1. The second-order valence-corrected chi connectivity index (χ2v) is 5.69. The van der Waals surface area contributed by atoms with Crippen LogP contribution in [0.1, 0.15) is 31.1 Å². The normalized spacial score (nSPS) is 11.0. The molecular weight excluding hydrogens is 269 g/mol. The maximum atomic E-state index is 13.8. The van der Waals surface area contributed by atoms with Gasteiger partial charge in [-0.05, 0) is 51.1 Å². The SMILES string of the molecule is CC(C)(C)OC(=O)c1ccc(F)c(Nc2ccccc2)c1. The quantitative estimate of drug-likeness (QED) is 0.843. The van der Waals surface area contributed by atoms with Crippen molar-refractivity contribution in [2.45, 2.75) is 26.4 Å². The number of benzene rings is 2. The number of anilines is 2. The van der Waals surface area contributed by atoms with Gasteiger partial charge in [-0.1, -0.05) is 18.2 Å². The van der Waals surface area contributed by atoms with Gasteiger partial charge in [0.05, 0.1) is 11.3 Å². The summed E-state index contributed by atoms with van der Waals surface area (Å²) in [6.45, 7) is 5.37. The number of esters is 1. The minimum atomic E-state index is -0.585. The maximum absolute atomic E-state index is 13.8. The molecule has 0 amide bonds. The molecule has 0 spiro atoms. The fourth-order valence-electron chi connectivity index (χ4n) is 1.76. The van der Waals surface area contributed by atoms with Crippen molar-refractivity contribution in [1.29, 1.82) is 0 Å². The van der Waals surface area contributed by atoms with Gasteiger partial charge in [0.15, 0.2) is 0 Å². The molecule has 0 fully saturated rings. The Balaban J connectivity index is 2.23. The first-order chi connectivity index (χ1) is 9.85. The van der Waals surface area contributed by atoms with E-state index in [1.165, 1.54) is 18.2 Å². The van der Waals surface area contributed by atoms with E-state index in [0.29, 0.717) is 5.56 Å². The molecule has 4 heteroatoms. The van der Waals surface area contributed by atoms with Gasteiger partial charge < -0.3 is 10.1 Å². The summed E-state index contributed by atoms with van der Waals surface area (Å²) in [7, 11) is 0. The third-order valence-corrected chi connectivity index (χ3v) is 2.65. The highest BCUT2D eigenvalue weighted by molar-refractivity contribution is 5.91. The van der Waals surface area contributed by atoms with Crippen LogP contribution in [0.3, 0.4) is 0 Å². The van der Waals surface area contributed by atoms with Crippen molar-refractivity contribution in [2.24, 2.45) is 0 Å². The van der Waals surface area contributed by atoms with Gasteiger partial charge in [0.1, 0.15) is 11.4 Å². The number of hydrogen-bond donors (Lipinski definition) is 1. The Hall–Kier alpha value is -2.36. The van der Waals surface area contributed by atoms with Gasteiger partial charge in [0.2, 0.25) is 0 Å². The third-order valence-electron chi connectivity index (χ3n) is 2.65. The van der Waals surface area contributed by atoms with Crippen LogP contribution in [0.2, 0.25) is 0 Å². The van der Waals surface area contributed by atoms with Crippen molar-refractivity contribution in [2.75, 3.05) is 5.32 Å². The zero-order valence-electron chi connectivity index (χ0n) is 12.3. The molecule has 21 heavy (non-hydrogen) atoms. The lowest BCUT2D eigenvalue weighted by Crippen LogP contribution is -2.23. The number of hydrogen-bond acceptors (Lipinski definition) is 3. The van der Waals surface area contributed by atoms with Crippen molar-refractivity contribution in [3.8, 4) is 0 Å². The molecule has 2 rings (SSSR count). The van der Waals surface area contributed by atoms with E-state index in [9.17, 15) is 9.18 Å². The van der Waals surface area contributed by atoms with E-state index in [0.717, 1.165) is 5.69 Å². The summed E-state index contributed by atoms with van der Waals surface area (Å²) in [4.78, 5) is 12.0. The Bertz CT molecular complexity index is 633. The molecule has 0 saturated heterocycles. The van der Waals surface area contributed by atoms with E-state index in [1.54, 1.807) is 20.8 Å². The molecule has 2 aromatic rings. The number of carbonyl (C=O) groups is 1. The van der Waals surface area contributed by atoms with Crippen LogP contribution in [0.5, 0.6) is 0 Å². The van der Waals surface area contributed by atoms with Gasteiger partial charge in [-0.25, -0.2) is 9.18 Å². The summed E-state index contributed by atoms with van der Waals surface area (Å²) in [6, 6.07) is 13.3. The molecule has 3 nitrogen and oxygen atoms in total. The van der Waals surface area contributed by atoms with Crippen molar-refractivity contribution in [1.82, 2.24) is 0 Å². The van der Waals surface area contributed by atoms with Crippen LogP contribution in [-0.2, 0) is 4.74 Å². The molecule has 1 N–H and O–H groups in total. The molecular formula is C17H18FNO2. The van der Waals surface area contributed by atoms with Crippen molar-refractivity contribution in [3.63, 3.8) is 0 Å². The Labute approximate surface area is 123 Å². The molecule has 0 heterocycles. The first kappa shape index (κ1) is 15.0. The topological polar surface area (TPSA) is 38.3 Å². The molecule has 0 aliphatic rings. The molecule has 0 aliphatic heterocycles. The van der Waals surface area contributed by atoms with Gasteiger partial charge in [-0.2, -0.15) is 0 Å². The standard InChI is InChI=1S/C17H18FNO2/c1-17(2,3)21-16(20)12-9-10-14(18)15(11-12)19-13-7-5-4-6-8-13/h4-11,19H,1-3H3. The number of para-hydroxylation sites is 1. The van der Waals surface area contributed by atoms with Crippen LogP contribution in [0.25, 0.3) is 0 Å². The van der Waals surface area contributed by atoms with Crippen LogP contribution < -0.4 is 5.32 Å². The smallest absolute Gasteiger partial charge is 0.338 e. The average Bonchev–Trinajstić information content (AvgIpc) is 2.40. The highest BCUT2D eigenvalue weighted by Crippen LogP contribution is 2.22. The zero-order chi connectivity index (χ0) is 15.5. The van der Waals surface area contributed by atoms with Crippen LogP contribution in [-0.4, -0.2) is 11.6 Å². The molecule has 0 aliphatic carbocycles. The van der Waals surface area contributed by atoms with Crippen LogP contribution in [0, 0.1) is 5.82 Å². The molecule has 0 atom stereocenters. The van der Waals surface area contributed by atoms with Crippen LogP contribution in [0.4, 0.5) is 15.8 Å². The van der Waals surface area contributed by atoms with Crippen LogP contribution >= 0.6 is 0 Å². The summed E-state index contributed by atoms with van der Waals surface area (Å²) in [5.74, 6) is -0.898. The van der Waals surface area contributed by atoms with Gasteiger partial charge in [0, 0.05) is 5.69 Å².